The van der Waals surface area contributed by atoms with E-state index < -0.39 is 0 Å². The van der Waals surface area contributed by atoms with E-state index in [0.717, 1.165) is 29.8 Å². The molecule has 0 saturated heterocycles. The second-order valence-electron chi connectivity index (χ2n) is 3.98. The molecule has 0 unspecified atom stereocenters. The Balaban J connectivity index is 2.29. The highest BCUT2D eigenvalue weighted by Crippen LogP contribution is 2.30. The molecule has 0 spiro atoms. The van der Waals surface area contributed by atoms with Crippen LogP contribution in [0, 0.1) is 19.8 Å². The van der Waals surface area contributed by atoms with Gasteiger partial charge in [-0.2, -0.15) is 10.2 Å². The van der Waals surface area contributed by atoms with Gasteiger partial charge in [0.1, 0.15) is 0 Å². The quantitative estimate of drug-likeness (QED) is 0.670. The van der Waals surface area contributed by atoms with Crippen molar-refractivity contribution in [2.75, 3.05) is 0 Å². The van der Waals surface area contributed by atoms with Gasteiger partial charge >= 0.3 is 0 Å². The van der Waals surface area contributed by atoms with Crippen molar-refractivity contribution >= 4 is 5.78 Å². The molecule has 3 heteroatoms. The van der Waals surface area contributed by atoms with E-state index in [9.17, 15) is 4.79 Å². The SMILES string of the molecule is Cc1cc(C(=O)C2CCC2)c(C)nn1. The molecule has 74 valence electrons. The molecule has 3 nitrogen and oxygen atoms in total. The molecule has 1 aromatic rings. The molecule has 1 aromatic heterocycles. The lowest BCUT2D eigenvalue weighted by atomic mass is 9.79. The van der Waals surface area contributed by atoms with E-state index in [-0.39, 0.29) is 11.7 Å². The predicted molar refractivity (Wildman–Crippen MR) is 53.2 cm³/mol. The summed E-state index contributed by atoms with van der Waals surface area (Å²) in [5.74, 6) is 0.504. The number of aryl methyl sites for hydroxylation is 2. The van der Waals surface area contributed by atoms with Gasteiger partial charge in [-0.1, -0.05) is 6.42 Å². The predicted octanol–water partition coefficient (Wildman–Crippen LogP) is 2.08. The minimum atomic E-state index is 0.247. The summed E-state index contributed by atoms with van der Waals surface area (Å²) in [5.41, 5.74) is 2.34. The lowest BCUT2D eigenvalue weighted by Gasteiger charge is -2.24. The Kier molecular flexibility index (Phi) is 2.32. The number of ketones is 1. The zero-order chi connectivity index (χ0) is 10.1. The van der Waals surface area contributed by atoms with Crippen LogP contribution in [0.1, 0.15) is 41.0 Å². The van der Waals surface area contributed by atoms with Crippen molar-refractivity contribution in [1.29, 1.82) is 0 Å². The average Bonchev–Trinajstić information content (AvgIpc) is 2.06. The van der Waals surface area contributed by atoms with Crippen LogP contribution >= 0.6 is 0 Å². The van der Waals surface area contributed by atoms with E-state index in [1.165, 1.54) is 6.42 Å². The molecular formula is C11H14N2O. The monoisotopic (exact) mass is 190 g/mol. The third-order valence-corrected chi connectivity index (χ3v) is 2.84. The van der Waals surface area contributed by atoms with E-state index >= 15 is 0 Å². The van der Waals surface area contributed by atoms with Crippen molar-refractivity contribution in [1.82, 2.24) is 10.2 Å². The third kappa shape index (κ3) is 1.54. The summed E-state index contributed by atoms with van der Waals surface area (Å²) in [6.45, 7) is 3.71. The number of Topliss-reactive ketones (excluding diaryl/α,β-unsaturated/α-hetero) is 1. The average molecular weight is 190 g/mol. The van der Waals surface area contributed by atoms with Gasteiger partial charge in [0.05, 0.1) is 11.4 Å². The fourth-order valence-electron chi connectivity index (χ4n) is 1.69. The Labute approximate surface area is 83.5 Å². The summed E-state index contributed by atoms with van der Waals surface area (Å²) in [4.78, 5) is 11.9. The lowest BCUT2D eigenvalue weighted by molar-refractivity contribution is 0.0853. The van der Waals surface area contributed by atoms with Crippen LogP contribution in [0.25, 0.3) is 0 Å². The molecule has 0 bridgehead atoms. The smallest absolute Gasteiger partial charge is 0.167 e. The first-order valence-electron chi connectivity index (χ1n) is 5.03. The molecule has 2 rings (SSSR count). The number of carbonyl (C=O) groups is 1. The van der Waals surface area contributed by atoms with Crippen LogP contribution in [0.5, 0.6) is 0 Å². The minimum absolute atomic E-state index is 0.247. The molecule has 1 aliphatic rings. The number of hydrogen-bond donors (Lipinski definition) is 0. The van der Waals surface area contributed by atoms with Gasteiger partial charge in [0.15, 0.2) is 5.78 Å². The fourth-order valence-corrected chi connectivity index (χ4v) is 1.69. The van der Waals surface area contributed by atoms with Gasteiger partial charge in [-0.15, -0.1) is 0 Å². The molecule has 1 aliphatic carbocycles. The van der Waals surface area contributed by atoms with E-state index in [1.807, 2.05) is 19.9 Å². The number of carbonyl (C=O) groups excluding carboxylic acids is 1. The third-order valence-electron chi connectivity index (χ3n) is 2.84. The van der Waals surface area contributed by atoms with Crippen molar-refractivity contribution in [3.63, 3.8) is 0 Å². The maximum atomic E-state index is 11.9. The number of rotatable bonds is 2. The molecule has 0 atom stereocenters. The number of nitrogens with zero attached hydrogens (tertiary/aromatic N) is 2. The topological polar surface area (TPSA) is 42.9 Å². The molecule has 1 heterocycles. The maximum Gasteiger partial charge on any atom is 0.167 e. The Morgan fingerprint density at radius 1 is 1.36 bits per heavy atom. The Bertz CT molecular complexity index is 370. The van der Waals surface area contributed by atoms with Crippen LogP contribution in [-0.4, -0.2) is 16.0 Å². The van der Waals surface area contributed by atoms with E-state index in [0.29, 0.717) is 0 Å². The van der Waals surface area contributed by atoms with Crippen LogP contribution in [0.2, 0.25) is 0 Å². The summed E-state index contributed by atoms with van der Waals surface area (Å²) < 4.78 is 0. The molecular weight excluding hydrogens is 176 g/mol. The first-order chi connectivity index (χ1) is 6.68. The summed E-state index contributed by atoms with van der Waals surface area (Å²) in [6.07, 6.45) is 3.27. The molecule has 0 N–H and O–H groups in total. The van der Waals surface area contributed by atoms with Gasteiger partial charge in [0, 0.05) is 11.5 Å². The zero-order valence-corrected chi connectivity index (χ0v) is 8.58. The normalized spacial score (nSPS) is 16.4. The molecule has 0 radical (unpaired) electrons. The largest absolute Gasteiger partial charge is 0.294 e. The zero-order valence-electron chi connectivity index (χ0n) is 8.58. The molecule has 0 amide bonds. The van der Waals surface area contributed by atoms with E-state index in [4.69, 9.17) is 0 Å². The highest BCUT2D eigenvalue weighted by molar-refractivity contribution is 5.99. The summed E-state index contributed by atoms with van der Waals surface area (Å²) >= 11 is 0. The maximum absolute atomic E-state index is 11.9. The van der Waals surface area contributed by atoms with Gasteiger partial charge < -0.3 is 0 Å². The van der Waals surface area contributed by atoms with E-state index in [1.54, 1.807) is 0 Å². The highest BCUT2D eigenvalue weighted by Gasteiger charge is 2.27. The summed E-state index contributed by atoms with van der Waals surface area (Å²) in [7, 11) is 0. The van der Waals surface area contributed by atoms with Gasteiger partial charge in [-0.05, 0) is 32.8 Å². The van der Waals surface area contributed by atoms with E-state index in [2.05, 4.69) is 10.2 Å². The van der Waals surface area contributed by atoms with Crippen LogP contribution in [0.3, 0.4) is 0 Å². The molecule has 1 saturated carbocycles. The summed E-state index contributed by atoms with van der Waals surface area (Å²) in [6, 6.07) is 1.85. The van der Waals surface area contributed by atoms with Crippen molar-refractivity contribution < 1.29 is 4.79 Å². The van der Waals surface area contributed by atoms with Gasteiger partial charge in [0.25, 0.3) is 0 Å². The molecule has 0 aromatic carbocycles. The number of hydrogen-bond acceptors (Lipinski definition) is 3. The second kappa shape index (κ2) is 3.48. The Hall–Kier alpha value is -1.25. The van der Waals surface area contributed by atoms with Crippen LogP contribution < -0.4 is 0 Å². The van der Waals surface area contributed by atoms with Gasteiger partial charge in [0.2, 0.25) is 0 Å². The van der Waals surface area contributed by atoms with Gasteiger partial charge in [-0.25, -0.2) is 0 Å². The van der Waals surface area contributed by atoms with Crippen molar-refractivity contribution in [2.45, 2.75) is 33.1 Å². The highest BCUT2D eigenvalue weighted by atomic mass is 16.1. The van der Waals surface area contributed by atoms with Crippen LogP contribution in [-0.2, 0) is 0 Å². The van der Waals surface area contributed by atoms with Gasteiger partial charge in [-0.3, -0.25) is 4.79 Å². The molecule has 0 aliphatic heterocycles. The van der Waals surface area contributed by atoms with Crippen LogP contribution in [0.15, 0.2) is 6.07 Å². The van der Waals surface area contributed by atoms with Crippen LogP contribution in [0.4, 0.5) is 0 Å². The fraction of sp³-hybridized carbons (Fsp3) is 0.545. The summed E-state index contributed by atoms with van der Waals surface area (Å²) in [5, 5.41) is 7.89. The van der Waals surface area contributed by atoms with Crippen molar-refractivity contribution in [3.05, 3.63) is 23.0 Å². The molecule has 1 fully saturated rings. The van der Waals surface area contributed by atoms with Crippen molar-refractivity contribution in [2.24, 2.45) is 5.92 Å². The second-order valence-corrected chi connectivity index (χ2v) is 3.98. The first kappa shape index (κ1) is 9.31. The Morgan fingerprint density at radius 2 is 2.07 bits per heavy atom. The van der Waals surface area contributed by atoms with Crippen molar-refractivity contribution in [3.8, 4) is 0 Å². The molecule has 14 heavy (non-hydrogen) atoms. The standard InChI is InChI=1S/C11H14N2O/c1-7-6-10(8(2)13-12-7)11(14)9-4-3-5-9/h6,9H,3-5H2,1-2H3. The minimum Gasteiger partial charge on any atom is -0.294 e. The first-order valence-corrected chi connectivity index (χ1v) is 5.03. The number of aromatic nitrogens is 2. The lowest BCUT2D eigenvalue weighted by Crippen LogP contribution is -2.23. The Morgan fingerprint density at radius 3 is 2.64 bits per heavy atom.